The van der Waals surface area contributed by atoms with Crippen molar-refractivity contribution in [3.63, 3.8) is 0 Å². The number of carbonyl (C=O) groups is 1. The molecule has 1 aromatic carbocycles. The van der Waals surface area contributed by atoms with Crippen LogP contribution in [0.25, 0.3) is 0 Å². The molecule has 3 nitrogen and oxygen atoms in total. The molecule has 1 unspecified atom stereocenters. The van der Waals surface area contributed by atoms with E-state index >= 15 is 0 Å². The summed E-state index contributed by atoms with van der Waals surface area (Å²) >= 11 is 1.69. The second-order valence-electron chi connectivity index (χ2n) is 4.07. The van der Waals surface area contributed by atoms with Crippen LogP contribution < -0.4 is 5.73 Å². The number of anilines is 1. The first-order chi connectivity index (χ1) is 8.08. The van der Waals surface area contributed by atoms with Gasteiger partial charge in [0.2, 0.25) is 0 Å². The van der Waals surface area contributed by atoms with E-state index in [2.05, 4.69) is 18.6 Å². The summed E-state index contributed by atoms with van der Waals surface area (Å²) in [4.78, 5) is 12.4. The Morgan fingerprint density at radius 3 is 2.82 bits per heavy atom. The molecule has 0 aliphatic rings. The summed E-state index contributed by atoms with van der Waals surface area (Å²) in [7, 11) is 1.38. The molecule has 0 amide bonds. The molecule has 1 rings (SSSR count). The Bertz CT molecular complexity index is 393. The number of hydrogen-bond acceptors (Lipinski definition) is 4. The Balaban J connectivity index is 2.80. The third kappa shape index (κ3) is 3.97. The van der Waals surface area contributed by atoms with E-state index in [0.29, 0.717) is 17.2 Å². The van der Waals surface area contributed by atoms with Crippen LogP contribution in [0.4, 0.5) is 5.69 Å². The summed E-state index contributed by atoms with van der Waals surface area (Å²) in [6.07, 6.45) is 1.14. The highest BCUT2D eigenvalue weighted by molar-refractivity contribution is 7.99. The second-order valence-corrected chi connectivity index (χ2v) is 5.13. The number of methoxy groups -OCH3 is 1. The van der Waals surface area contributed by atoms with Gasteiger partial charge in [0.1, 0.15) is 0 Å². The fourth-order valence-electron chi connectivity index (χ4n) is 1.25. The Labute approximate surface area is 107 Å². The van der Waals surface area contributed by atoms with Gasteiger partial charge in [0.15, 0.2) is 0 Å². The quantitative estimate of drug-likeness (QED) is 0.497. The van der Waals surface area contributed by atoms with Gasteiger partial charge in [0.25, 0.3) is 0 Å². The minimum atomic E-state index is -0.324. The molecule has 0 fully saturated rings. The lowest BCUT2D eigenvalue weighted by Crippen LogP contribution is -2.03. The van der Waals surface area contributed by atoms with Crippen LogP contribution in [-0.2, 0) is 4.74 Å². The normalized spacial score (nSPS) is 12.2. The number of nitrogen functional groups attached to an aromatic ring is 1. The molecule has 0 aliphatic heterocycles. The van der Waals surface area contributed by atoms with E-state index < -0.39 is 0 Å². The Kier molecular flexibility index (Phi) is 5.35. The first kappa shape index (κ1) is 13.9. The van der Waals surface area contributed by atoms with E-state index in [0.717, 1.165) is 17.1 Å². The summed E-state index contributed by atoms with van der Waals surface area (Å²) in [6.45, 7) is 4.37. The smallest absolute Gasteiger partial charge is 0.337 e. The van der Waals surface area contributed by atoms with Gasteiger partial charge in [0.05, 0.1) is 12.7 Å². The summed E-state index contributed by atoms with van der Waals surface area (Å²) in [5.41, 5.74) is 7.15. The predicted molar refractivity (Wildman–Crippen MR) is 72.4 cm³/mol. The molecule has 0 aromatic heterocycles. The number of thioether (sulfide) groups is 1. The highest BCUT2D eigenvalue weighted by atomic mass is 32.2. The minimum Gasteiger partial charge on any atom is -0.465 e. The molecular weight excluding hydrogens is 234 g/mol. The lowest BCUT2D eigenvalue weighted by Gasteiger charge is -2.10. The summed E-state index contributed by atoms with van der Waals surface area (Å²) in [6, 6.07) is 5.24. The third-order valence-electron chi connectivity index (χ3n) is 2.65. The number of benzene rings is 1. The van der Waals surface area contributed by atoms with Crippen LogP contribution in [0.1, 0.15) is 30.6 Å². The molecule has 0 bridgehead atoms. The van der Waals surface area contributed by atoms with Crippen molar-refractivity contribution >= 4 is 23.4 Å². The molecule has 17 heavy (non-hydrogen) atoms. The zero-order chi connectivity index (χ0) is 12.8. The summed E-state index contributed by atoms with van der Waals surface area (Å²) < 4.78 is 4.69. The van der Waals surface area contributed by atoms with Crippen LogP contribution >= 0.6 is 11.8 Å². The summed E-state index contributed by atoms with van der Waals surface area (Å²) in [5, 5.41) is 0. The topological polar surface area (TPSA) is 52.3 Å². The molecule has 0 aliphatic carbocycles. The van der Waals surface area contributed by atoms with Gasteiger partial charge in [-0.05, 0) is 24.1 Å². The Morgan fingerprint density at radius 1 is 1.53 bits per heavy atom. The van der Waals surface area contributed by atoms with E-state index in [9.17, 15) is 4.79 Å². The number of rotatable bonds is 5. The molecule has 0 saturated heterocycles. The lowest BCUT2D eigenvalue weighted by atomic mass is 10.2. The maximum absolute atomic E-state index is 11.4. The molecule has 0 heterocycles. The number of esters is 1. The second kappa shape index (κ2) is 6.55. The molecule has 4 heteroatoms. The van der Waals surface area contributed by atoms with Crippen LogP contribution in [0.3, 0.4) is 0 Å². The molecule has 0 saturated carbocycles. The summed E-state index contributed by atoms with van der Waals surface area (Å²) in [5.74, 6) is 1.32. The number of carbonyl (C=O) groups excluding carboxylic acids is 1. The van der Waals surface area contributed by atoms with Crippen molar-refractivity contribution in [2.45, 2.75) is 25.2 Å². The van der Waals surface area contributed by atoms with Crippen LogP contribution in [0, 0.1) is 5.92 Å². The van der Waals surface area contributed by atoms with Gasteiger partial charge < -0.3 is 10.5 Å². The standard InChI is InChI=1S/C13H19NO2S/c1-4-9(2)8-17-12-7-10(13(15)16-3)5-6-11(12)14/h5-7,9H,4,8,14H2,1-3H3. The first-order valence-electron chi connectivity index (χ1n) is 5.69. The lowest BCUT2D eigenvalue weighted by molar-refractivity contribution is 0.0600. The first-order valence-corrected chi connectivity index (χ1v) is 6.67. The van der Waals surface area contributed by atoms with Gasteiger partial charge in [-0.15, -0.1) is 11.8 Å². The zero-order valence-corrected chi connectivity index (χ0v) is 11.3. The van der Waals surface area contributed by atoms with Gasteiger partial charge in [0, 0.05) is 16.3 Å². The van der Waals surface area contributed by atoms with Gasteiger partial charge in [-0.25, -0.2) is 4.79 Å². The van der Waals surface area contributed by atoms with Crippen molar-refractivity contribution in [3.8, 4) is 0 Å². The van der Waals surface area contributed by atoms with E-state index in [1.54, 1.807) is 30.0 Å². The molecule has 1 aromatic rings. The minimum absolute atomic E-state index is 0.324. The van der Waals surface area contributed by atoms with Crippen molar-refractivity contribution in [3.05, 3.63) is 23.8 Å². The maximum atomic E-state index is 11.4. The van der Waals surface area contributed by atoms with Gasteiger partial charge >= 0.3 is 5.97 Å². The molecule has 2 N–H and O–H groups in total. The number of ether oxygens (including phenoxy) is 1. The maximum Gasteiger partial charge on any atom is 0.337 e. The molecule has 0 radical (unpaired) electrons. The van der Waals surface area contributed by atoms with Crippen LogP contribution in [0.5, 0.6) is 0 Å². The monoisotopic (exact) mass is 253 g/mol. The van der Waals surface area contributed by atoms with Crippen LogP contribution in [0.15, 0.2) is 23.1 Å². The number of hydrogen-bond donors (Lipinski definition) is 1. The predicted octanol–water partition coefficient (Wildman–Crippen LogP) is 3.19. The van der Waals surface area contributed by atoms with Crippen molar-refractivity contribution in [1.82, 2.24) is 0 Å². The fourth-order valence-corrected chi connectivity index (χ4v) is 2.40. The third-order valence-corrected chi connectivity index (χ3v) is 4.06. The van der Waals surface area contributed by atoms with Crippen molar-refractivity contribution < 1.29 is 9.53 Å². The van der Waals surface area contributed by atoms with Crippen molar-refractivity contribution in [2.75, 3.05) is 18.6 Å². The Morgan fingerprint density at radius 2 is 2.24 bits per heavy atom. The molecule has 1 atom stereocenters. The van der Waals surface area contributed by atoms with Crippen molar-refractivity contribution in [1.29, 1.82) is 0 Å². The highest BCUT2D eigenvalue weighted by Crippen LogP contribution is 2.28. The highest BCUT2D eigenvalue weighted by Gasteiger charge is 2.09. The largest absolute Gasteiger partial charge is 0.465 e. The Hall–Kier alpha value is -1.16. The van der Waals surface area contributed by atoms with Gasteiger partial charge in [-0.3, -0.25) is 0 Å². The SMILES string of the molecule is CCC(C)CSc1cc(C(=O)OC)ccc1N. The molecule has 0 spiro atoms. The molecular formula is C13H19NO2S. The average Bonchev–Trinajstić information content (AvgIpc) is 2.36. The van der Waals surface area contributed by atoms with E-state index in [4.69, 9.17) is 5.73 Å². The van der Waals surface area contributed by atoms with E-state index in [1.165, 1.54) is 7.11 Å². The van der Waals surface area contributed by atoms with Crippen LogP contribution in [0.2, 0.25) is 0 Å². The van der Waals surface area contributed by atoms with Crippen LogP contribution in [-0.4, -0.2) is 18.8 Å². The fraction of sp³-hybridized carbons (Fsp3) is 0.462. The van der Waals surface area contributed by atoms with Gasteiger partial charge in [-0.1, -0.05) is 20.3 Å². The number of nitrogens with two attached hydrogens (primary N) is 1. The zero-order valence-electron chi connectivity index (χ0n) is 10.5. The average molecular weight is 253 g/mol. The molecule has 94 valence electrons. The van der Waals surface area contributed by atoms with Crippen molar-refractivity contribution in [2.24, 2.45) is 5.92 Å². The van der Waals surface area contributed by atoms with E-state index in [-0.39, 0.29) is 5.97 Å². The van der Waals surface area contributed by atoms with E-state index in [1.807, 2.05) is 0 Å². The van der Waals surface area contributed by atoms with Gasteiger partial charge in [-0.2, -0.15) is 0 Å².